The third-order valence-electron chi connectivity index (χ3n) is 4.04. The third kappa shape index (κ3) is 3.88. The van der Waals surface area contributed by atoms with Crippen molar-refractivity contribution in [2.75, 3.05) is 39.5 Å². The molecule has 1 aromatic carbocycles. The topological polar surface area (TPSA) is 58.8 Å². The van der Waals surface area contributed by atoms with Gasteiger partial charge in [0.2, 0.25) is 0 Å². The van der Waals surface area contributed by atoms with E-state index < -0.39 is 0 Å². The van der Waals surface area contributed by atoms with Gasteiger partial charge in [0.15, 0.2) is 0 Å². The zero-order valence-electron chi connectivity index (χ0n) is 13.1. The molecule has 1 saturated heterocycles. The molecule has 0 saturated carbocycles. The summed E-state index contributed by atoms with van der Waals surface area (Å²) in [7, 11) is 3.99. The van der Waals surface area contributed by atoms with Gasteiger partial charge in [-0.3, -0.25) is 4.79 Å². The predicted molar refractivity (Wildman–Crippen MR) is 84.6 cm³/mol. The highest BCUT2D eigenvalue weighted by Crippen LogP contribution is 2.22. The summed E-state index contributed by atoms with van der Waals surface area (Å²) in [5.74, 6) is 0.662. The van der Waals surface area contributed by atoms with Crippen molar-refractivity contribution in [2.24, 2.45) is 0 Å². The molecule has 1 fully saturated rings. The van der Waals surface area contributed by atoms with Gasteiger partial charge in [-0.05, 0) is 52.0 Å². The first kappa shape index (κ1) is 15.6. The lowest BCUT2D eigenvalue weighted by Gasteiger charge is -2.35. The predicted octanol–water partition coefficient (Wildman–Crippen LogP) is 1.83. The fraction of sp³-hybridized carbons (Fsp3) is 0.562. The van der Waals surface area contributed by atoms with Gasteiger partial charge in [0.05, 0.1) is 6.61 Å². The van der Waals surface area contributed by atoms with Crippen molar-refractivity contribution >= 4 is 11.6 Å². The Morgan fingerprint density at radius 3 is 2.67 bits per heavy atom. The van der Waals surface area contributed by atoms with Crippen molar-refractivity contribution in [1.82, 2.24) is 9.80 Å². The van der Waals surface area contributed by atoms with Gasteiger partial charge >= 0.3 is 0 Å². The van der Waals surface area contributed by atoms with E-state index >= 15 is 0 Å². The molecular formula is C16H25N3O2. The van der Waals surface area contributed by atoms with Gasteiger partial charge in [-0.15, -0.1) is 0 Å². The number of carbonyl (C=O) groups is 1. The highest BCUT2D eigenvalue weighted by atomic mass is 16.5. The van der Waals surface area contributed by atoms with Crippen LogP contribution in [0.2, 0.25) is 0 Å². The summed E-state index contributed by atoms with van der Waals surface area (Å²) >= 11 is 0. The molecule has 0 radical (unpaired) electrons. The molecule has 0 aromatic heterocycles. The minimum Gasteiger partial charge on any atom is -0.494 e. The van der Waals surface area contributed by atoms with Gasteiger partial charge in [0, 0.05) is 30.4 Å². The molecule has 1 aliphatic rings. The maximum atomic E-state index is 12.6. The fourth-order valence-electron chi connectivity index (χ4n) is 2.75. The van der Waals surface area contributed by atoms with Gasteiger partial charge in [0.25, 0.3) is 5.91 Å². The van der Waals surface area contributed by atoms with Crippen LogP contribution in [-0.2, 0) is 0 Å². The first-order chi connectivity index (χ1) is 10.0. The van der Waals surface area contributed by atoms with E-state index in [4.69, 9.17) is 10.5 Å². The van der Waals surface area contributed by atoms with Gasteiger partial charge in [0.1, 0.15) is 5.75 Å². The summed E-state index contributed by atoms with van der Waals surface area (Å²) in [4.78, 5) is 16.8. The van der Waals surface area contributed by atoms with E-state index in [0.29, 0.717) is 29.6 Å². The van der Waals surface area contributed by atoms with Gasteiger partial charge in [-0.1, -0.05) is 0 Å². The van der Waals surface area contributed by atoms with Crippen LogP contribution in [0.15, 0.2) is 18.2 Å². The SMILES string of the molecule is CCOc1cc(N)cc(C(=O)N(C)C2CCN(C)CC2)c1. The van der Waals surface area contributed by atoms with E-state index in [1.165, 1.54) is 0 Å². The quantitative estimate of drug-likeness (QED) is 0.860. The van der Waals surface area contributed by atoms with Crippen LogP contribution in [0.3, 0.4) is 0 Å². The van der Waals surface area contributed by atoms with E-state index in [0.717, 1.165) is 25.9 Å². The van der Waals surface area contributed by atoms with Crippen molar-refractivity contribution < 1.29 is 9.53 Å². The number of hydrogen-bond acceptors (Lipinski definition) is 4. The molecule has 116 valence electrons. The summed E-state index contributed by atoms with van der Waals surface area (Å²) in [5.41, 5.74) is 7.02. The minimum absolute atomic E-state index is 0.0119. The number of rotatable bonds is 4. The maximum absolute atomic E-state index is 12.6. The Labute approximate surface area is 126 Å². The number of hydrogen-bond donors (Lipinski definition) is 1. The number of ether oxygens (including phenoxy) is 1. The van der Waals surface area contributed by atoms with E-state index in [1.54, 1.807) is 18.2 Å². The first-order valence-corrected chi connectivity index (χ1v) is 7.50. The molecule has 0 atom stereocenters. The molecule has 2 rings (SSSR count). The minimum atomic E-state index is 0.0119. The summed E-state index contributed by atoms with van der Waals surface area (Å²) in [6.45, 7) is 4.53. The number of carbonyl (C=O) groups excluding carboxylic acids is 1. The Morgan fingerprint density at radius 1 is 1.38 bits per heavy atom. The lowest BCUT2D eigenvalue weighted by atomic mass is 10.0. The van der Waals surface area contributed by atoms with Crippen molar-refractivity contribution in [3.05, 3.63) is 23.8 Å². The zero-order valence-corrected chi connectivity index (χ0v) is 13.1. The van der Waals surface area contributed by atoms with Gasteiger partial charge < -0.3 is 20.3 Å². The number of nitrogens with zero attached hydrogens (tertiary/aromatic N) is 2. The lowest BCUT2D eigenvalue weighted by Crippen LogP contribution is -2.44. The van der Waals surface area contributed by atoms with Crippen LogP contribution in [0, 0.1) is 0 Å². The molecule has 1 aliphatic heterocycles. The molecular weight excluding hydrogens is 266 g/mol. The molecule has 5 heteroatoms. The first-order valence-electron chi connectivity index (χ1n) is 7.50. The van der Waals surface area contributed by atoms with E-state index in [-0.39, 0.29) is 5.91 Å². The average Bonchev–Trinajstić information content (AvgIpc) is 2.46. The van der Waals surface area contributed by atoms with Gasteiger partial charge in [-0.25, -0.2) is 0 Å². The highest BCUT2D eigenvalue weighted by Gasteiger charge is 2.25. The smallest absolute Gasteiger partial charge is 0.254 e. The molecule has 0 bridgehead atoms. The zero-order chi connectivity index (χ0) is 15.4. The molecule has 2 N–H and O–H groups in total. The standard InChI is InChI=1S/C16H25N3O2/c1-4-21-15-10-12(9-13(17)11-15)16(20)19(3)14-5-7-18(2)8-6-14/h9-11,14H,4-8,17H2,1-3H3. The summed E-state index contributed by atoms with van der Waals surface area (Å²) in [6, 6.07) is 5.53. The summed E-state index contributed by atoms with van der Waals surface area (Å²) < 4.78 is 5.46. The Hall–Kier alpha value is -1.75. The maximum Gasteiger partial charge on any atom is 0.254 e. The van der Waals surface area contributed by atoms with E-state index in [9.17, 15) is 4.79 Å². The molecule has 1 amide bonds. The molecule has 1 aromatic rings. The Kier molecular flexibility index (Phi) is 5.07. The third-order valence-corrected chi connectivity index (χ3v) is 4.04. The Balaban J connectivity index is 2.11. The number of nitrogens with two attached hydrogens (primary N) is 1. The Bertz CT molecular complexity index is 496. The number of amides is 1. The number of likely N-dealkylation sites (tertiary alicyclic amines) is 1. The van der Waals surface area contributed by atoms with Crippen molar-refractivity contribution in [1.29, 1.82) is 0 Å². The van der Waals surface area contributed by atoms with Crippen LogP contribution in [-0.4, -0.2) is 55.5 Å². The van der Waals surface area contributed by atoms with Crippen molar-refractivity contribution in [3.8, 4) is 5.75 Å². The molecule has 0 aliphatic carbocycles. The molecule has 0 spiro atoms. The van der Waals surface area contributed by atoms with Crippen molar-refractivity contribution in [3.63, 3.8) is 0 Å². The number of anilines is 1. The normalized spacial score (nSPS) is 16.7. The Morgan fingerprint density at radius 2 is 2.05 bits per heavy atom. The second-order valence-electron chi connectivity index (χ2n) is 5.67. The van der Waals surface area contributed by atoms with Crippen LogP contribution < -0.4 is 10.5 Å². The fourth-order valence-corrected chi connectivity index (χ4v) is 2.75. The second kappa shape index (κ2) is 6.80. The second-order valence-corrected chi connectivity index (χ2v) is 5.67. The number of benzene rings is 1. The molecule has 21 heavy (non-hydrogen) atoms. The van der Waals surface area contributed by atoms with Crippen molar-refractivity contribution in [2.45, 2.75) is 25.8 Å². The summed E-state index contributed by atoms with van der Waals surface area (Å²) in [6.07, 6.45) is 2.03. The monoisotopic (exact) mass is 291 g/mol. The van der Waals surface area contributed by atoms with E-state index in [1.807, 2.05) is 18.9 Å². The van der Waals surface area contributed by atoms with E-state index in [2.05, 4.69) is 11.9 Å². The van der Waals surface area contributed by atoms with Crippen LogP contribution in [0.4, 0.5) is 5.69 Å². The largest absolute Gasteiger partial charge is 0.494 e. The average molecular weight is 291 g/mol. The summed E-state index contributed by atoms with van der Waals surface area (Å²) in [5, 5.41) is 0. The number of piperidine rings is 1. The van der Waals surface area contributed by atoms with Crippen LogP contribution >= 0.6 is 0 Å². The highest BCUT2D eigenvalue weighted by molar-refractivity contribution is 5.95. The van der Waals surface area contributed by atoms with Gasteiger partial charge in [-0.2, -0.15) is 0 Å². The number of nitrogen functional groups attached to an aromatic ring is 1. The molecule has 5 nitrogen and oxygen atoms in total. The molecule has 0 unspecified atom stereocenters. The lowest BCUT2D eigenvalue weighted by molar-refractivity contribution is 0.0659. The van der Waals surface area contributed by atoms with Crippen LogP contribution in [0.25, 0.3) is 0 Å². The molecule has 1 heterocycles. The van der Waals surface area contributed by atoms with Crippen LogP contribution in [0.1, 0.15) is 30.1 Å². The van der Waals surface area contributed by atoms with Crippen LogP contribution in [0.5, 0.6) is 5.75 Å².